The first-order valence-corrected chi connectivity index (χ1v) is 3.44. The first kappa shape index (κ1) is 8.01. The number of nitrogens with zero attached hydrogens (tertiary/aromatic N) is 2. The van der Waals surface area contributed by atoms with Crippen molar-refractivity contribution in [2.45, 2.75) is 0 Å². The highest BCUT2D eigenvalue weighted by molar-refractivity contribution is 6.30. The topological polar surface area (TPSA) is 32.7 Å². The summed E-state index contributed by atoms with van der Waals surface area (Å²) in [5, 5.41) is 4.61. The van der Waals surface area contributed by atoms with Gasteiger partial charge in [0.25, 0.3) is 0 Å². The van der Waals surface area contributed by atoms with Gasteiger partial charge in [-0.1, -0.05) is 11.6 Å². The average Bonchev–Trinajstić information content (AvgIpc) is 2.05. The molecule has 0 saturated heterocycles. The van der Waals surface area contributed by atoms with E-state index in [2.05, 4.69) is 5.29 Å². The lowest BCUT2D eigenvalue weighted by Gasteiger charge is -2.06. The molecule has 0 bridgehead atoms. The maximum Gasteiger partial charge on any atom is 0.0623 e. The van der Waals surface area contributed by atoms with Crippen LogP contribution in [0.1, 0.15) is 0 Å². The Bertz CT molecular complexity index is 247. The Morgan fingerprint density at radius 2 is 1.91 bits per heavy atom. The summed E-state index contributed by atoms with van der Waals surface area (Å²) in [4.78, 5) is 10.0. The fourth-order valence-corrected chi connectivity index (χ4v) is 0.830. The second-order valence-corrected chi connectivity index (χ2v) is 2.52. The fraction of sp³-hybridized carbons (Fsp3) is 0.143. The summed E-state index contributed by atoms with van der Waals surface area (Å²) in [6, 6.07) is 6.87. The molecule has 1 aromatic rings. The number of benzene rings is 1. The molecule has 0 aliphatic rings. The van der Waals surface area contributed by atoms with Gasteiger partial charge in [-0.3, -0.25) is 0 Å². The van der Waals surface area contributed by atoms with Crippen molar-refractivity contribution in [2.24, 2.45) is 5.29 Å². The molecule has 0 fully saturated rings. The van der Waals surface area contributed by atoms with Gasteiger partial charge in [-0.15, -0.1) is 4.91 Å². The van der Waals surface area contributed by atoms with E-state index >= 15 is 0 Å². The molecule has 0 atom stereocenters. The predicted molar refractivity (Wildman–Crippen MR) is 45.7 cm³/mol. The first-order valence-electron chi connectivity index (χ1n) is 3.06. The third-order valence-electron chi connectivity index (χ3n) is 1.32. The van der Waals surface area contributed by atoms with Gasteiger partial charge in [-0.25, -0.2) is 5.01 Å². The Morgan fingerprint density at radius 3 is 2.36 bits per heavy atom. The highest BCUT2D eigenvalue weighted by Gasteiger charge is 1.97. The van der Waals surface area contributed by atoms with E-state index in [0.29, 0.717) is 5.02 Å². The molecule has 0 spiro atoms. The molecule has 0 aliphatic carbocycles. The van der Waals surface area contributed by atoms with Crippen LogP contribution >= 0.6 is 11.6 Å². The molecule has 0 aromatic heterocycles. The van der Waals surface area contributed by atoms with Crippen molar-refractivity contribution in [3.63, 3.8) is 0 Å². The Labute approximate surface area is 69.5 Å². The van der Waals surface area contributed by atoms with Crippen molar-refractivity contribution in [3.05, 3.63) is 34.2 Å². The summed E-state index contributed by atoms with van der Waals surface area (Å²) in [5.41, 5.74) is 0.726. The van der Waals surface area contributed by atoms with E-state index in [1.807, 2.05) is 0 Å². The van der Waals surface area contributed by atoms with Crippen molar-refractivity contribution >= 4 is 17.3 Å². The van der Waals surface area contributed by atoms with Gasteiger partial charge >= 0.3 is 0 Å². The molecule has 3 nitrogen and oxygen atoms in total. The van der Waals surface area contributed by atoms with Crippen molar-refractivity contribution in [1.29, 1.82) is 0 Å². The number of anilines is 1. The number of rotatable bonds is 2. The third-order valence-corrected chi connectivity index (χ3v) is 1.57. The normalized spacial score (nSPS) is 9.27. The molecule has 58 valence electrons. The number of nitroso groups, excluding NO2 is 1. The van der Waals surface area contributed by atoms with Crippen LogP contribution in [0.25, 0.3) is 0 Å². The van der Waals surface area contributed by atoms with Crippen molar-refractivity contribution < 1.29 is 0 Å². The van der Waals surface area contributed by atoms with Gasteiger partial charge in [-0.05, 0) is 24.3 Å². The Balaban J connectivity index is 2.89. The molecular formula is C7H7ClN2O. The SMILES string of the molecule is CN(N=O)c1ccc(Cl)cc1. The van der Waals surface area contributed by atoms with Crippen LogP contribution in [0.15, 0.2) is 29.6 Å². The lowest BCUT2D eigenvalue weighted by molar-refractivity contribution is 1.00. The van der Waals surface area contributed by atoms with E-state index in [4.69, 9.17) is 11.6 Å². The molecule has 11 heavy (non-hydrogen) atoms. The molecule has 0 heterocycles. The maximum atomic E-state index is 10.0. The summed E-state index contributed by atoms with van der Waals surface area (Å²) in [6.45, 7) is 0. The van der Waals surface area contributed by atoms with Crippen LogP contribution in [0.3, 0.4) is 0 Å². The molecule has 1 rings (SSSR count). The van der Waals surface area contributed by atoms with E-state index in [1.54, 1.807) is 31.3 Å². The van der Waals surface area contributed by atoms with Gasteiger partial charge in [0, 0.05) is 12.1 Å². The van der Waals surface area contributed by atoms with Crippen LogP contribution in [-0.4, -0.2) is 7.05 Å². The Morgan fingerprint density at radius 1 is 1.36 bits per heavy atom. The maximum absolute atomic E-state index is 10.0. The van der Waals surface area contributed by atoms with Gasteiger partial charge in [0.2, 0.25) is 0 Å². The summed E-state index contributed by atoms with van der Waals surface area (Å²) >= 11 is 5.63. The zero-order chi connectivity index (χ0) is 8.27. The minimum absolute atomic E-state index is 0.646. The van der Waals surface area contributed by atoms with Gasteiger partial charge in [0.05, 0.1) is 11.0 Å². The van der Waals surface area contributed by atoms with Gasteiger partial charge in [0.15, 0.2) is 0 Å². The molecular weight excluding hydrogens is 164 g/mol. The lowest BCUT2D eigenvalue weighted by atomic mass is 10.3. The van der Waals surface area contributed by atoms with E-state index < -0.39 is 0 Å². The number of hydrogen-bond acceptors (Lipinski definition) is 2. The molecule has 4 heteroatoms. The van der Waals surface area contributed by atoms with E-state index in [1.165, 1.54) is 5.01 Å². The van der Waals surface area contributed by atoms with Gasteiger partial charge in [0.1, 0.15) is 0 Å². The van der Waals surface area contributed by atoms with Crippen LogP contribution in [0, 0.1) is 4.91 Å². The smallest absolute Gasteiger partial charge is 0.0623 e. The molecule has 0 unspecified atom stereocenters. The largest absolute Gasteiger partial charge is 0.232 e. The zero-order valence-electron chi connectivity index (χ0n) is 5.99. The first-order chi connectivity index (χ1) is 5.24. The van der Waals surface area contributed by atoms with Crippen LogP contribution in [0.2, 0.25) is 5.02 Å². The molecule has 0 N–H and O–H groups in total. The van der Waals surface area contributed by atoms with Crippen LogP contribution in [-0.2, 0) is 0 Å². The number of hydrogen-bond donors (Lipinski definition) is 0. The minimum atomic E-state index is 0.646. The van der Waals surface area contributed by atoms with Crippen molar-refractivity contribution in [2.75, 3.05) is 12.1 Å². The molecule has 0 radical (unpaired) electrons. The molecule has 0 saturated carbocycles. The van der Waals surface area contributed by atoms with Crippen molar-refractivity contribution in [3.8, 4) is 0 Å². The standard InChI is InChI=1S/C7H7ClN2O/c1-10(9-11)7-4-2-6(8)3-5-7/h2-5H,1H3. The highest BCUT2D eigenvalue weighted by atomic mass is 35.5. The highest BCUT2D eigenvalue weighted by Crippen LogP contribution is 2.16. The second kappa shape index (κ2) is 3.34. The number of halogens is 1. The monoisotopic (exact) mass is 170 g/mol. The molecule has 1 aromatic carbocycles. The zero-order valence-corrected chi connectivity index (χ0v) is 6.75. The quantitative estimate of drug-likeness (QED) is 0.505. The van der Waals surface area contributed by atoms with Crippen molar-refractivity contribution in [1.82, 2.24) is 0 Å². The summed E-state index contributed by atoms with van der Waals surface area (Å²) in [7, 11) is 1.58. The van der Waals surface area contributed by atoms with Crippen LogP contribution < -0.4 is 5.01 Å². The molecule has 0 aliphatic heterocycles. The van der Waals surface area contributed by atoms with Gasteiger partial charge in [-0.2, -0.15) is 0 Å². The predicted octanol–water partition coefficient (Wildman–Crippen LogP) is 2.46. The minimum Gasteiger partial charge on any atom is -0.232 e. The Kier molecular flexibility index (Phi) is 2.44. The van der Waals surface area contributed by atoms with E-state index in [-0.39, 0.29) is 0 Å². The lowest BCUT2D eigenvalue weighted by Crippen LogP contribution is -2.05. The second-order valence-electron chi connectivity index (χ2n) is 2.08. The van der Waals surface area contributed by atoms with E-state index in [0.717, 1.165) is 5.69 Å². The average molecular weight is 171 g/mol. The summed E-state index contributed by atoms with van der Waals surface area (Å²) in [5.74, 6) is 0. The van der Waals surface area contributed by atoms with Crippen LogP contribution in [0.4, 0.5) is 5.69 Å². The Hall–Kier alpha value is -1.09. The molecule has 0 amide bonds. The van der Waals surface area contributed by atoms with Crippen LogP contribution in [0.5, 0.6) is 0 Å². The fourth-order valence-electron chi connectivity index (χ4n) is 0.704. The van der Waals surface area contributed by atoms with Gasteiger partial charge < -0.3 is 0 Å². The summed E-state index contributed by atoms with van der Waals surface area (Å²) < 4.78 is 0. The third kappa shape index (κ3) is 1.91. The van der Waals surface area contributed by atoms with E-state index in [9.17, 15) is 4.91 Å². The summed E-state index contributed by atoms with van der Waals surface area (Å²) in [6.07, 6.45) is 0.